The maximum Gasteiger partial charge on any atom is 0.258 e. The van der Waals surface area contributed by atoms with Crippen LogP contribution >= 0.6 is 0 Å². The van der Waals surface area contributed by atoms with Gasteiger partial charge in [-0.15, -0.1) is 0 Å². The summed E-state index contributed by atoms with van der Waals surface area (Å²) in [7, 11) is -2.42. The van der Waals surface area contributed by atoms with E-state index in [1.54, 1.807) is 0 Å². The largest absolute Gasteiger partial charge is 0.496 e. The lowest BCUT2D eigenvalue weighted by atomic mass is 10.1. The van der Waals surface area contributed by atoms with Crippen molar-refractivity contribution in [1.29, 1.82) is 0 Å². The van der Waals surface area contributed by atoms with Crippen LogP contribution in [0.25, 0.3) is 0 Å². The molecular formula is C17H26N2O4S. The fourth-order valence-electron chi connectivity index (χ4n) is 3.28. The predicted octanol–water partition coefficient (Wildman–Crippen LogP) is 2.53. The standard InChI is InChI=1S/C17H26N2O4S/c1-4-12(2)19(13-7-5-6-8-13)17(20)15-11-14(24(18,21)22)9-10-16(15)23-3/h9-13H,4-8H2,1-3H3,(H2,18,21,22)/t12-/m0/s1. The Morgan fingerprint density at radius 1 is 1.38 bits per heavy atom. The minimum Gasteiger partial charge on any atom is -0.496 e. The van der Waals surface area contributed by atoms with Gasteiger partial charge >= 0.3 is 0 Å². The molecule has 0 radical (unpaired) electrons. The Morgan fingerprint density at radius 3 is 2.50 bits per heavy atom. The van der Waals surface area contributed by atoms with E-state index in [9.17, 15) is 13.2 Å². The van der Waals surface area contributed by atoms with Gasteiger partial charge < -0.3 is 9.64 Å². The van der Waals surface area contributed by atoms with Crippen LogP contribution in [0.1, 0.15) is 56.3 Å². The van der Waals surface area contributed by atoms with E-state index in [-0.39, 0.29) is 28.4 Å². The van der Waals surface area contributed by atoms with Crippen LogP contribution < -0.4 is 9.88 Å². The van der Waals surface area contributed by atoms with E-state index in [1.807, 2.05) is 18.7 Å². The Bertz CT molecular complexity index is 697. The SMILES string of the molecule is CC[C@H](C)N(C(=O)c1cc(S(N)(=O)=O)ccc1OC)C1CCCC1. The number of nitrogens with two attached hydrogens (primary N) is 1. The van der Waals surface area contributed by atoms with Crippen molar-refractivity contribution < 1.29 is 17.9 Å². The van der Waals surface area contributed by atoms with E-state index in [4.69, 9.17) is 9.88 Å². The summed E-state index contributed by atoms with van der Waals surface area (Å²) in [5.74, 6) is 0.164. The Kier molecular flexibility index (Phi) is 5.87. The van der Waals surface area contributed by atoms with E-state index >= 15 is 0 Å². The van der Waals surface area contributed by atoms with Crippen molar-refractivity contribution in [1.82, 2.24) is 4.90 Å². The second kappa shape index (κ2) is 7.53. The third-order valence-corrected chi connectivity index (χ3v) is 5.66. The monoisotopic (exact) mass is 354 g/mol. The number of carbonyl (C=O) groups excluding carboxylic acids is 1. The number of carbonyl (C=O) groups is 1. The summed E-state index contributed by atoms with van der Waals surface area (Å²) in [6.07, 6.45) is 5.01. The quantitative estimate of drug-likeness (QED) is 0.850. The van der Waals surface area contributed by atoms with Crippen LogP contribution in [0.2, 0.25) is 0 Å². The predicted molar refractivity (Wildman–Crippen MR) is 92.5 cm³/mol. The van der Waals surface area contributed by atoms with Crippen LogP contribution in [-0.4, -0.2) is 38.4 Å². The maximum atomic E-state index is 13.2. The van der Waals surface area contributed by atoms with Crippen LogP contribution in [0, 0.1) is 0 Å². The van der Waals surface area contributed by atoms with Crippen LogP contribution in [0.5, 0.6) is 5.75 Å². The van der Waals surface area contributed by atoms with Gasteiger partial charge in [-0.25, -0.2) is 13.6 Å². The summed E-state index contributed by atoms with van der Waals surface area (Å²) >= 11 is 0. The van der Waals surface area contributed by atoms with Gasteiger partial charge in [0.25, 0.3) is 5.91 Å². The number of methoxy groups -OCH3 is 1. The smallest absolute Gasteiger partial charge is 0.258 e. The van der Waals surface area contributed by atoms with Crippen molar-refractivity contribution in [3.05, 3.63) is 23.8 Å². The van der Waals surface area contributed by atoms with Crippen molar-refractivity contribution in [3.63, 3.8) is 0 Å². The molecule has 2 rings (SSSR count). The first-order valence-corrected chi connectivity index (χ1v) is 9.87. The zero-order valence-corrected chi connectivity index (χ0v) is 15.3. The van der Waals surface area contributed by atoms with E-state index in [2.05, 4.69) is 0 Å². The first-order chi connectivity index (χ1) is 11.3. The minimum atomic E-state index is -3.88. The van der Waals surface area contributed by atoms with Gasteiger partial charge in [0, 0.05) is 12.1 Å². The maximum absolute atomic E-state index is 13.2. The Morgan fingerprint density at radius 2 is 2.00 bits per heavy atom. The molecular weight excluding hydrogens is 328 g/mol. The first-order valence-electron chi connectivity index (χ1n) is 8.33. The van der Waals surface area contributed by atoms with E-state index in [0.29, 0.717) is 5.75 Å². The molecule has 134 valence electrons. The van der Waals surface area contributed by atoms with Crippen molar-refractivity contribution >= 4 is 15.9 Å². The van der Waals surface area contributed by atoms with Crippen molar-refractivity contribution in [2.75, 3.05) is 7.11 Å². The third-order valence-electron chi connectivity index (χ3n) is 4.75. The Labute approximate surface area is 144 Å². The molecule has 1 atom stereocenters. The molecule has 1 aromatic carbocycles. The number of sulfonamides is 1. The molecule has 0 aliphatic heterocycles. The van der Waals surface area contributed by atoms with E-state index in [0.717, 1.165) is 32.1 Å². The molecule has 0 aromatic heterocycles. The van der Waals surface area contributed by atoms with Crippen molar-refractivity contribution in [2.45, 2.75) is 62.9 Å². The molecule has 0 bridgehead atoms. The highest BCUT2D eigenvalue weighted by molar-refractivity contribution is 7.89. The van der Waals surface area contributed by atoms with Gasteiger partial charge in [-0.2, -0.15) is 0 Å². The summed E-state index contributed by atoms with van der Waals surface area (Å²) < 4.78 is 28.5. The first kappa shape index (κ1) is 18.7. The minimum absolute atomic E-state index is 0.0726. The fourth-order valence-corrected chi connectivity index (χ4v) is 3.82. The van der Waals surface area contributed by atoms with Crippen LogP contribution in [0.4, 0.5) is 0 Å². The topological polar surface area (TPSA) is 89.7 Å². The summed E-state index contributed by atoms with van der Waals surface area (Å²) in [6, 6.07) is 4.42. The average molecular weight is 354 g/mol. The summed E-state index contributed by atoms with van der Waals surface area (Å²) in [5.41, 5.74) is 0.247. The number of ether oxygens (including phenoxy) is 1. The molecule has 1 aliphatic carbocycles. The summed E-state index contributed by atoms with van der Waals surface area (Å²) in [6.45, 7) is 4.06. The summed E-state index contributed by atoms with van der Waals surface area (Å²) in [4.78, 5) is 15.0. The zero-order chi connectivity index (χ0) is 17.9. The van der Waals surface area contributed by atoms with Gasteiger partial charge in [0.1, 0.15) is 5.75 Å². The number of amides is 1. The molecule has 0 unspecified atom stereocenters. The van der Waals surface area contributed by atoms with Crippen LogP contribution in [0.15, 0.2) is 23.1 Å². The highest BCUT2D eigenvalue weighted by Crippen LogP contribution is 2.30. The molecule has 24 heavy (non-hydrogen) atoms. The number of hydrogen-bond acceptors (Lipinski definition) is 4. The fraction of sp³-hybridized carbons (Fsp3) is 0.588. The molecule has 1 aromatic rings. The molecule has 0 spiro atoms. The molecule has 0 heterocycles. The lowest BCUT2D eigenvalue weighted by Crippen LogP contribution is -2.44. The summed E-state index contributed by atoms with van der Waals surface area (Å²) in [5, 5.41) is 5.21. The number of rotatable bonds is 6. The molecule has 6 nitrogen and oxygen atoms in total. The van der Waals surface area contributed by atoms with Gasteiger partial charge in [-0.3, -0.25) is 4.79 Å². The molecule has 1 fully saturated rings. The molecule has 1 aliphatic rings. The Balaban J connectivity index is 2.48. The number of nitrogens with zero attached hydrogens (tertiary/aromatic N) is 1. The molecule has 0 saturated heterocycles. The second-order valence-corrected chi connectivity index (χ2v) is 7.88. The van der Waals surface area contributed by atoms with Gasteiger partial charge in [0.15, 0.2) is 0 Å². The molecule has 7 heteroatoms. The van der Waals surface area contributed by atoms with Crippen LogP contribution in [-0.2, 0) is 10.0 Å². The number of benzene rings is 1. The molecule has 2 N–H and O–H groups in total. The van der Waals surface area contributed by atoms with E-state index in [1.165, 1.54) is 25.3 Å². The molecule has 1 amide bonds. The normalized spacial score (nSPS) is 16.8. The van der Waals surface area contributed by atoms with Gasteiger partial charge in [-0.1, -0.05) is 19.8 Å². The lowest BCUT2D eigenvalue weighted by molar-refractivity contribution is 0.0586. The van der Waals surface area contributed by atoms with Gasteiger partial charge in [0.2, 0.25) is 10.0 Å². The lowest BCUT2D eigenvalue weighted by Gasteiger charge is -2.34. The highest BCUT2D eigenvalue weighted by atomic mass is 32.2. The second-order valence-electron chi connectivity index (χ2n) is 6.32. The third kappa shape index (κ3) is 3.89. The van der Waals surface area contributed by atoms with Crippen LogP contribution in [0.3, 0.4) is 0 Å². The van der Waals surface area contributed by atoms with Gasteiger partial charge in [-0.05, 0) is 44.4 Å². The number of primary sulfonamides is 1. The molecule has 1 saturated carbocycles. The van der Waals surface area contributed by atoms with E-state index < -0.39 is 10.0 Å². The Hall–Kier alpha value is -1.60. The number of hydrogen-bond donors (Lipinski definition) is 1. The van der Waals surface area contributed by atoms with Crippen molar-refractivity contribution in [2.24, 2.45) is 5.14 Å². The average Bonchev–Trinajstić information content (AvgIpc) is 3.07. The highest BCUT2D eigenvalue weighted by Gasteiger charge is 2.32. The zero-order valence-electron chi connectivity index (χ0n) is 14.5. The van der Waals surface area contributed by atoms with Crippen molar-refractivity contribution in [3.8, 4) is 5.75 Å². The van der Waals surface area contributed by atoms with Gasteiger partial charge in [0.05, 0.1) is 17.6 Å².